The summed E-state index contributed by atoms with van der Waals surface area (Å²) in [6.07, 6.45) is -1.05. The summed E-state index contributed by atoms with van der Waals surface area (Å²) in [6, 6.07) is 5.80. The molecule has 2 N–H and O–H groups in total. The summed E-state index contributed by atoms with van der Waals surface area (Å²) in [5.74, 6) is -1.78. The van der Waals surface area contributed by atoms with E-state index in [0.717, 1.165) is 6.07 Å². The first-order valence-electron chi connectivity index (χ1n) is 4.78. The first-order valence-corrected chi connectivity index (χ1v) is 4.78. The Morgan fingerprint density at radius 1 is 1.71 bits per heavy atom. The molecule has 0 saturated heterocycles. The van der Waals surface area contributed by atoms with Gasteiger partial charge in [-0.3, -0.25) is 0 Å². The van der Waals surface area contributed by atoms with Gasteiger partial charge in [0.1, 0.15) is 17.4 Å². The molecule has 0 saturated carbocycles. The molecule has 1 unspecified atom stereocenters. The van der Waals surface area contributed by atoms with Gasteiger partial charge >= 0.3 is 5.97 Å². The summed E-state index contributed by atoms with van der Waals surface area (Å²) in [7, 11) is 1.26. The van der Waals surface area contributed by atoms with Crippen LogP contribution in [0.3, 0.4) is 0 Å². The summed E-state index contributed by atoms with van der Waals surface area (Å²) in [4.78, 5) is 10.7. The molecule has 0 aromatic heterocycles. The maximum atomic E-state index is 13.2. The number of nitrogens with one attached hydrogen (secondary N) is 1. The predicted octanol–water partition coefficient (Wildman–Crippen LogP) is 1.21. The number of methoxy groups -OCH3 is 1. The summed E-state index contributed by atoms with van der Waals surface area (Å²) < 4.78 is 17.9. The van der Waals surface area contributed by atoms with Gasteiger partial charge in [-0.15, -0.1) is 0 Å². The molecule has 0 fully saturated rings. The number of carbonyl (C=O) groups is 1. The van der Waals surface area contributed by atoms with Crippen molar-refractivity contribution in [3.63, 3.8) is 0 Å². The standard InChI is InChI=1S/C11H11FN2O3/c1-17-10(11(15)16)6-14-9-4-2-3-8(12)7(9)5-13/h2-4,10,14H,6H2,1H3,(H,15,16). The molecule has 0 radical (unpaired) electrons. The molecule has 1 aromatic carbocycles. The summed E-state index contributed by atoms with van der Waals surface area (Å²) >= 11 is 0. The number of aliphatic carboxylic acids is 1. The lowest BCUT2D eigenvalue weighted by molar-refractivity contribution is -0.147. The first kappa shape index (κ1) is 12.9. The van der Waals surface area contributed by atoms with Crippen molar-refractivity contribution >= 4 is 11.7 Å². The maximum Gasteiger partial charge on any atom is 0.334 e. The number of anilines is 1. The van der Waals surface area contributed by atoms with E-state index in [1.165, 1.54) is 19.2 Å². The Hall–Kier alpha value is -2.13. The smallest absolute Gasteiger partial charge is 0.334 e. The van der Waals surface area contributed by atoms with Crippen LogP contribution >= 0.6 is 0 Å². The Kier molecular flexibility index (Phi) is 4.43. The maximum absolute atomic E-state index is 13.2. The molecule has 1 rings (SSSR count). The van der Waals surface area contributed by atoms with E-state index in [4.69, 9.17) is 15.1 Å². The quantitative estimate of drug-likeness (QED) is 0.805. The number of carboxylic acids is 1. The molecule has 0 aliphatic carbocycles. The molecular formula is C11H11FN2O3. The molecule has 0 spiro atoms. The van der Waals surface area contributed by atoms with E-state index < -0.39 is 17.9 Å². The van der Waals surface area contributed by atoms with Gasteiger partial charge in [-0.05, 0) is 12.1 Å². The average Bonchev–Trinajstić information content (AvgIpc) is 2.29. The second-order valence-electron chi connectivity index (χ2n) is 3.22. The van der Waals surface area contributed by atoms with Crippen molar-refractivity contribution in [2.75, 3.05) is 19.0 Å². The van der Waals surface area contributed by atoms with Gasteiger partial charge in [0, 0.05) is 7.11 Å². The normalized spacial score (nSPS) is 11.6. The van der Waals surface area contributed by atoms with Crippen LogP contribution in [-0.4, -0.2) is 30.8 Å². The third-order valence-corrected chi connectivity index (χ3v) is 2.16. The number of nitrogens with zero attached hydrogens (tertiary/aromatic N) is 1. The van der Waals surface area contributed by atoms with Crippen LogP contribution in [0.15, 0.2) is 18.2 Å². The Morgan fingerprint density at radius 2 is 2.41 bits per heavy atom. The van der Waals surface area contributed by atoms with E-state index in [9.17, 15) is 9.18 Å². The lowest BCUT2D eigenvalue weighted by Gasteiger charge is -2.13. The highest BCUT2D eigenvalue weighted by Gasteiger charge is 2.17. The van der Waals surface area contributed by atoms with E-state index in [1.54, 1.807) is 6.07 Å². The van der Waals surface area contributed by atoms with Gasteiger partial charge < -0.3 is 15.2 Å². The van der Waals surface area contributed by atoms with Gasteiger partial charge in [0.25, 0.3) is 0 Å². The van der Waals surface area contributed by atoms with Crippen molar-refractivity contribution in [2.24, 2.45) is 0 Å². The monoisotopic (exact) mass is 238 g/mol. The van der Waals surface area contributed by atoms with Crippen LogP contribution in [0, 0.1) is 17.1 Å². The second kappa shape index (κ2) is 5.82. The molecule has 1 aromatic rings. The van der Waals surface area contributed by atoms with Crippen LogP contribution in [0.5, 0.6) is 0 Å². The predicted molar refractivity (Wildman–Crippen MR) is 58.0 cm³/mol. The van der Waals surface area contributed by atoms with Crippen molar-refractivity contribution in [2.45, 2.75) is 6.10 Å². The van der Waals surface area contributed by atoms with Crippen molar-refractivity contribution in [1.29, 1.82) is 5.26 Å². The molecular weight excluding hydrogens is 227 g/mol. The molecule has 6 heteroatoms. The molecule has 0 amide bonds. The van der Waals surface area contributed by atoms with Crippen molar-refractivity contribution < 1.29 is 19.0 Å². The fourth-order valence-corrected chi connectivity index (χ4v) is 1.26. The van der Waals surface area contributed by atoms with E-state index in [0.29, 0.717) is 0 Å². The van der Waals surface area contributed by atoms with Crippen LogP contribution in [0.25, 0.3) is 0 Å². The number of hydrogen-bond acceptors (Lipinski definition) is 4. The van der Waals surface area contributed by atoms with E-state index in [-0.39, 0.29) is 17.8 Å². The van der Waals surface area contributed by atoms with Crippen LogP contribution < -0.4 is 5.32 Å². The van der Waals surface area contributed by atoms with Gasteiger partial charge in [0.05, 0.1) is 12.2 Å². The average molecular weight is 238 g/mol. The highest BCUT2D eigenvalue weighted by atomic mass is 19.1. The molecule has 0 aliphatic rings. The molecule has 1 atom stereocenters. The summed E-state index contributed by atoms with van der Waals surface area (Å²) in [6.45, 7) is -0.0516. The van der Waals surface area contributed by atoms with Crippen LogP contribution in [-0.2, 0) is 9.53 Å². The van der Waals surface area contributed by atoms with Crippen molar-refractivity contribution in [1.82, 2.24) is 0 Å². The largest absolute Gasteiger partial charge is 0.479 e. The topological polar surface area (TPSA) is 82.3 Å². The van der Waals surface area contributed by atoms with Crippen molar-refractivity contribution in [3.05, 3.63) is 29.6 Å². The Balaban J connectivity index is 2.79. The summed E-state index contributed by atoms with van der Waals surface area (Å²) in [5, 5.41) is 20.2. The minimum atomic E-state index is -1.13. The number of rotatable bonds is 5. The third kappa shape index (κ3) is 3.16. The molecule has 0 heterocycles. The second-order valence-corrected chi connectivity index (χ2v) is 3.22. The Bertz CT molecular complexity index is 457. The van der Waals surface area contributed by atoms with Crippen LogP contribution in [0.2, 0.25) is 0 Å². The Morgan fingerprint density at radius 3 is 2.94 bits per heavy atom. The van der Waals surface area contributed by atoms with E-state index >= 15 is 0 Å². The van der Waals surface area contributed by atoms with Crippen LogP contribution in [0.1, 0.15) is 5.56 Å². The zero-order valence-corrected chi connectivity index (χ0v) is 9.11. The Labute approximate surface area is 97.4 Å². The number of ether oxygens (including phenoxy) is 1. The fourth-order valence-electron chi connectivity index (χ4n) is 1.26. The zero-order chi connectivity index (χ0) is 12.8. The van der Waals surface area contributed by atoms with E-state index in [1.807, 2.05) is 0 Å². The van der Waals surface area contributed by atoms with Gasteiger partial charge in [0.15, 0.2) is 6.10 Å². The number of hydrogen-bond donors (Lipinski definition) is 2. The third-order valence-electron chi connectivity index (χ3n) is 2.16. The lowest BCUT2D eigenvalue weighted by Crippen LogP contribution is -2.30. The number of halogens is 1. The van der Waals surface area contributed by atoms with Gasteiger partial charge in [-0.25, -0.2) is 9.18 Å². The zero-order valence-electron chi connectivity index (χ0n) is 9.11. The minimum absolute atomic E-state index is 0.0516. The molecule has 17 heavy (non-hydrogen) atoms. The summed E-state index contributed by atoms with van der Waals surface area (Å²) in [5.41, 5.74) is 0.101. The number of nitriles is 1. The number of benzene rings is 1. The molecule has 0 bridgehead atoms. The fraction of sp³-hybridized carbons (Fsp3) is 0.273. The van der Waals surface area contributed by atoms with Gasteiger partial charge in [-0.2, -0.15) is 5.26 Å². The molecule has 5 nitrogen and oxygen atoms in total. The lowest BCUT2D eigenvalue weighted by atomic mass is 10.2. The minimum Gasteiger partial charge on any atom is -0.479 e. The SMILES string of the molecule is COC(CNc1cccc(F)c1C#N)C(=O)O. The molecule has 0 aliphatic heterocycles. The van der Waals surface area contributed by atoms with E-state index in [2.05, 4.69) is 5.32 Å². The molecule has 90 valence electrons. The highest BCUT2D eigenvalue weighted by molar-refractivity contribution is 5.73. The first-order chi connectivity index (χ1) is 8.10. The van der Waals surface area contributed by atoms with Crippen LogP contribution in [0.4, 0.5) is 10.1 Å². The van der Waals surface area contributed by atoms with Crippen molar-refractivity contribution in [3.8, 4) is 6.07 Å². The van der Waals surface area contributed by atoms with Gasteiger partial charge in [0.2, 0.25) is 0 Å². The highest BCUT2D eigenvalue weighted by Crippen LogP contribution is 2.17. The van der Waals surface area contributed by atoms with Gasteiger partial charge in [-0.1, -0.05) is 6.07 Å². The number of carboxylic acid groups (broad SMARTS) is 1.